The molecule has 1 aliphatic carbocycles. The Bertz CT molecular complexity index is 378. The molecular weight excluding hydrogens is 218 g/mol. The molecule has 0 spiro atoms. The molecule has 1 aromatic rings. The zero-order valence-electron chi connectivity index (χ0n) is 8.56. The summed E-state index contributed by atoms with van der Waals surface area (Å²) in [7, 11) is 0. The molecule has 1 aliphatic rings. The van der Waals surface area contributed by atoms with Crippen LogP contribution in [-0.2, 0) is 5.41 Å². The maximum atomic E-state index is 13.6. The van der Waals surface area contributed by atoms with Crippen molar-refractivity contribution in [2.45, 2.75) is 37.0 Å². The molecule has 82 valence electrons. The summed E-state index contributed by atoms with van der Waals surface area (Å²) in [4.78, 5) is 0. The molecule has 0 aliphatic heterocycles. The zero-order chi connectivity index (χ0) is 11.1. The fourth-order valence-corrected chi connectivity index (χ4v) is 2.84. The lowest BCUT2D eigenvalue weighted by Crippen LogP contribution is -2.19. The van der Waals surface area contributed by atoms with Crippen molar-refractivity contribution in [3.05, 3.63) is 35.4 Å². The second-order valence-corrected chi connectivity index (χ2v) is 5.14. The van der Waals surface area contributed by atoms with Gasteiger partial charge in [0.15, 0.2) is 0 Å². The molecule has 0 saturated heterocycles. The smallest absolute Gasteiger partial charge is 0.129 e. The van der Waals surface area contributed by atoms with Crippen LogP contribution in [0.5, 0.6) is 0 Å². The van der Waals surface area contributed by atoms with Gasteiger partial charge < -0.3 is 0 Å². The van der Waals surface area contributed by atoms with Gasteiger partial charge in [0.25, 0.3) is 0 Å². The monoisotopic (exact) mass is 230 g/mol. The van der Waals surface area contributed by atoms with E-state index in [9.17, 15) is 8.78 Å². The van der Waals surface area contributed by atoms with Gasteiger partial charge in [0.1, 0.15) is 11.6 Å². The molecule has 0 N–H and O–H groups in total. The summed E-state index contributed by atoms with van der Waals surface area (Å²) in [5.41, 5.74) is 0.358. The number of hydrogen-bond donors (Lipinski definition) is 0. The van der Waals surface area contributed by atoms with Crippen molar-refractivity contribution in [1.82, 2.24) is 0 Å². The topological polar surface area (TPSA) is 0 Å². The predicted octanol–water partition coefficient (Wildman–Crippen LogP) is 4.01. The van der Waals surface area contributed by atoms with Crippen LogP contribution in [0.3, 0.4) is 0 Å². The highest BCUT2D eigenvalue weighted by atomic mass is 35.5. The maximum Gasteiger partial charge on any atom is 0.129 e. The molecule has 0 bridgehead atoms. The van der Waals surface area contributed by atoms with Crippen molar-refractivity contribution in [2.75, 3.05) is 0 Å². The van der Waals surface area contributed by atoms with Gasteiger partial charge >= 0.3 is 0 Å². The normalized spacial score (nSPS) is 30.8. The van der Waals surface area contributed by atoms with E-state index in [0.717, 1.165) is 25.3 Å². The lowest BCUT2D eigenvalue weighted by molar-refractivity contribution is 0.453. The third kappa shape index (κ3) is 2.00. The molecule has 0 nitrogen and oxygen atoms in total. The van der Waals surface area contributed by atoms with Gasteiger partial charge in [-0.1, -0.05) is 13.0 Å². The first-order valence-corrected chi connectivity index (χ1v) is 5.54. The van der Waals surface area contributed by atoms with E-state index in [1.807, 2.05) is 6.92 Å². The van der Waals surface area contributed by atoms with E-state index in [2.05, 4.69) is 0 Å². The van der Waals surface area contributed by atoms with Crippen LogP contribution in [0.2, 0.25) is 0 Å². The maximum absolute atomic E-state index is 13.6. The Morgan fingerprint density at radius 3 is 2.67 bits per heavy atom. The van der Waals surface area contributed by atoms with Crippen LogP contribution in [0.4, 0.5) is 8.78 Å². The first-order valence-electron chi connectivity index (χ1n) is 5.11. The fourth-order valence-electron chi connectivity index (χ4n) is 2.39. The fraction of sp³-hybridized carbons (Fsp3) is 0.500. The third-order valence-corrected chi connectivity index (χ3v) is 3.64. The average molecular weight is 231 g/mol. The molecule has 1 aromatic carbocycles. The summed E-state index contributed by atoms with van der Waals surface area (Å²) in [6.07, 6.45) is 2.52. The molecule has 0 radical (unpaired) electrons. The minimum Gasteiger partial charge on any atom is -0.207 e. The SMILES string of the molecule is CC1(c2ccc(F)cc2F)CCC(Cl)C1. The quantitative estimate of drug-likeness (QED) is 0.640. The van der Waals surface area contributed by atoms with Crippen molar-refractivity contribution < 1.29 is 8.78 Å². The van der Waals surface area contributed by atoms with E-state index in [0.29, 0.717) is 5.56 Å². The van der Waals surface area contributed by atoms with Crippen molar-refractivity contribution in [1.29, 1.82) is 0 Å². The van der Waals surface area contributed by atoms with Gasteiger partial charge in [-0.2, -0.15) is 0 Å². The van der Waals surface area contributed by atoms with Crippen molar-refractivity contribution in [2.24, 2.45) is 0 Å². The number of benzene rings is 1. The summed E-state index contributed by atoms with van der Waals surface area (Å²) < 4.78 is 26.4. The van der Waals surface area contributed by atoms with Crippen molar-refractivity contribution in [3.63, 3.8) is 0 Å². The summed E-state index contributed by atoms with van der Waals surface area (Å²) in [6, 6.07) is 3.80. The lowest BCUT2D eigenvalue weighted by Gasteiger charge is -2.24. The van der Waals surface area contributed by atoms with Gasteiger partial charge in [0.2, 0.25) is 0 Å². The summed E-state index contributed by atoms with van der Waals surface area (Å²) >= 11 is 6.03. The van der Waals surface area contributed by atoms with Crippen LogP contribution >= 0.6 is 11.6 Å². The molecular formula is C12H13ClF2. The van der Waals surface area contributed by atoms with Crippen LogP contribution in [0.1, 0.15) is 31.7 Å². The Balaban J connectivity index is 2.37. The lowest BCUT2D eigenvalue weighted by atomic mass is 9.81. The Kier molecular flexibility index (Phi) is 2.72. The van der Waals surface area contributed by atoms with Crippen LogP contribution in [0.25, 0.3) is 0 Å². The van der Waals surface area contributed by atoms with Gasteiger partial charge in [-0.25, -0.2) is 8.78 Å². The van der Waals surface area contributed by atoms with Crippen LogP contribution in [0.15, 0.2) is 18.2 Å². The average Bonchev–Trinajstić information content (AvgIpc) is 2.46. The molecule has 1 fully saturated rings. The number of rotatable bonds is 1. The predicted molar refractivity (Wildman–Crippen MR) is 57.2 cm³/mol. The van der Waals surface area contributed by atoms with Crippen molar-refractivity contribution >= 4 is 11.6 Å². The molecule has 0 heterocycles. The third-order valence-electron chi connectivity index (χ3n) is 3.26. The molecule has 0 amide bonds. The first-order chi connectivity index (χ1) is 7.01. The summed E-state index contributed by atoms with van der Waals surface area (Å²) in [6.45, 7) is 1.99. The highest BCUT2D eigenvalue weighted by molar-refractivity contribution is 6.20. The second-order valence-electron chi connectivity index (χ2n) is 4.52. The van der Waals surface area contributed by atoms with Gasteiger partial charge in [-0.15, -0.1) is 11.6 Å². The van der Waals surface area contributed by atoms with E-state index < -0.39 is 11.6 Å². The summed E-state index contributed by atoms with van der Waals surface area (Å²) in [5.74, 6) is -0.983. The highest BCUT2D eigenvalue weighted by Crippen LogP contribution is 2.43. The molecule has 0 aromatic heterocycles. The highest BCUT2D eigenvalue weighted by Gasteiger charge is 2.37. The number of alkyl halides is 1. The first kappa shape index (κ1) is 10.9. The molecule has 2 rings (SSSR count). The summed E-state index contributed by atoms with van der Waals surface area (Å²) in [5, 5.41) is 0.111. The van der Waals surface area contributed by atoms with E-state index in [1.54, 1.807) is 6.07 Å². The van der Waals surface area contributed by atoms with Gasteiger partial charge in [-0.05, 0) is 36.3 Å². The zero-order valence-corrected chi connectivity index (χ0v) is 9.32. The second kappa shape index (κ2) is 3.75. The van der Waals surface area contributed by atoms with E-state index in [-0.39, 0.29) is 10.8 Å². The Labute approximate surface area is 93.2 Å². The largest absolute Gasteiger partial charge is 0.207 e. The van der Waals surface area contributed by atoms with E-state index in [1.165, 1.54) is 6.07 Å². The van der Waals surface area contributed by atoms with E-state index >= 15 is 0 Å². The Hall–Kier alpha value is -0.630. The Morgan fingerprint density at radius 2 is 2.13 bits per heavy atom. The van der Waals surface area contributed by atoms with Crippen LogP contribution in [-0.4, -0.2) is 5.38 Å². The molecule has 2 unspecified atom stereocenters. The Morgan fingerprint density at radius 1 is 1.40 bits per heavy atom. The molecule has 1 saturated carbocycles. The number of halogens is 3. The molecule has 15 heavy (non-hydrogen) atoms. The van der Waals surface area contributed by atoms with Crippen LogP contribution in [0, 0.1) is 11.6 Å². The molecule has 2 atom stereocenters. The van der Waals surface area contributed by atoms with Gasteiger partial charge in [-0.3, -0.25) is 0 Å². The van der Waals surface area contributed by atoms with Crippen molar-refractivity contribution in [3.8, 4) is 0 Å². The minimum atomic E-state index is -0.528. The van der Waals surface area contributed by atoms with E-state index in [4.69, 9.17) is 11.6 Å². The standard InChI is InChI=1S/C12H13ClF2/c1-12(5-4-8(13)7-12)10-3-2-9(14)6-11(10)15/h2-3,6,8H,4-5,7H2,1H3. The van der Waals surface area contributed by atoms with Gasteiger partial charge in [0.05, 0.1) is 0 Å². The minimum absolute atomic E-state index is 0.111. The van der Waals surface area contributed by atoms with Crippen LogP contribution < -0.4 is 0 Å². The van der Waals surface area contributed by atoms with Gasteiger partial charge in [0, 0.05) is 11.4 Å². The number of hydrogen-bond acceptors (Lipinski definition) is 0. The molecule has 3 heteroatoms.